The lowest BCUT2D eigenvalue weighted by molar-refractivity contribution is -0.123. The molecule has 0 atom stereocenters. The van der Waals surface area contributed by atoms with Crippen LogP contribution in [0.15, 0.2) is 47.4 Å². The molecule has 0 heterocycles. The number of benzene rings is 2. The zero-order valence-electron chi connectivity index (χ0n) is 18.3. The van der Waals surface area contributed by atoms with Gasteiger partial charge >= 0.3 is 22.1 Å². The molecule has 10 heteroatoms. The quantitative estimate of drug-likeness (QED) is 0.456. The molecule has 0 saturated heterocycles. The number of hydrogen-bond acceptors (Lipinski definition) is 7. The summed E-state index contributed by atoms with van der Waals surface area (Å²) < 4.78 is 35.1. The molecule has 0 aliphatic rings. The molecule has 2 aromatic carbocycles. The second-order valence-corrected chi connectivity index (χ2v) is 9.07. The van der Waals surface area contributed by atoms with Gasteiger partial charge in [0.2, 0.25) is 0 Å². The third-order valence-corrected chi connectivity index (χ3v) is 5.56. The Bertz CT molecular complexity index is 1090. The summed E-state index contributed by atoms with van der Waals surface area (Å²) >= 11 is 0. The van der Waals surface area contributed by atoms with Crippen LogP contribution in [0, 0.1) is 19.8 Å². The fourth-order valence-corrected chi connectivity index (χ4v) is 3.76. The van der Waals surface area contributed by atoms with Gasteiger partial charge in [-0.15, -0.1) is 0 Å². The minimum Gasteiger partial charge on any atom is -0.452 e. The van der Waals surface area contributed by atoms with Crippen molar-refractivity contribution in [2.45, 2.75) is 32.6 Å². The Morgan fingerprint density at radius 3 is 2.28 bits per heavy atom. The summed E-state index contributed by atoms with van der Waals surface area (Å²) in [7, 11) is -4.05. The first-order chi connectivity index (χ1) is 15.0. The van der Waals surface area contributed by atoms with E-state index in [2.05, 4.69) is 5.32 Å². The van der Waals surface area contributed by atoms with E-state index in [0.717, 1.165) is 5.56 Å². The van der Waals surface area contributed by atoms with E-state index in [4.69, 9.17) is 8.92 Å². The van der Waals surface area contributed by atoms with Crippen molar-refractivity contribution in [3.8, 4) is 5.75 Å². The molecule has 2 rings (SSSR count). The Balaban J connectivity index is 1.93. The second kappa shape index (κ2) is 10.8. The lowest BCUT2D eigenvalue weighted by Gasteiger charge is -2.11. The molecule has 32 heavy (non-hydrogen) atoms. The Morgan fingerprint density at radius 1 is 1.00 bits per heavy atom. The minimum absolute atomic E-state index is 0.0158. The second-order valence-electron chi connectivity index (χ2n) is 7.56. The molecule has 0 aliphatic carbocycles. The first-order valence-corrected chi connectivity index (χ1v) is 11.3. The molecular formula is C22H26N2O7S. The van der Waals surface area contributed by atoms with Gasteiger partial charge in [0.15, 0.2) is 6.61 Å². The summed E-state index contributed by atoms with van der Waals surface area (Å²) in [5.41, 5.74) is 1.41. The Hall–Kier alpha value is -3.40. The molecular weight excluding hydrogens is 436 g/mol. The van der Waals surface area contributed by atoms with Crippen LogP contribution in [0.4, 0.5) is 4.79 Å². The van der Waals surface area contributed by atoms with Gasteiger partial charge in [-0.05, 0) is 61.2 Å². The maximum Gasteiger partial charge on any atom is 0.339 e. The first-order valence-electron chi connectivity index (χ1n) is 9.84. The number of carbonyl (C=O) groups excluding carboxylic acids is 3. The lowest BCUT2D eigenvalue weighted by Crippen LogP contribution is -2.42. The van der Waals surface area contributed by atoms with Gasteiger partial charge in [-0.3, -0.25) is 10.1 Å². The first kappa shape index (κ1) is 24.9. The fraction of sp³-hybridized carbons (Fsp3) is 0.318. The number of ether oxygens (including phenoxy) is 1. The van der Waals surface area contributed by atoms with Crippen LogP contribution in [-0.2, 0) is 19.6 Å². The zero-order valence-corrected chi connectivity index (χ0v) is 19.1. The van der Waals surface area contributed by atoms with Crippen LogP contribution in [0.1, 0.15) is 35.3 Å². The van der Waals surface area contributed by atoms with Crippen LogP contribution in [0.25, 0.3) is 0 Å². The van der Waals surface area contributed by atoms with Gasteiger partial charge in [-0.1, -0.05) is 26.0 Å². The fourth-order valence-electron chi connectivity index (χ4n) is 2.51. The predicted molar refractivity (Wildman–Crippen MR) is 117 cm³/mol. The number of aryl methyl sites for hydroxylation is 2. The van der Waals surface area contributed by atoms with Crippen LogP contribution in [0.3, 0.4) is 0 Å². The van der Waals surface area contributed by atoms with E-state index in [1.807, 2.05) is 19.2 Å². The molecule has 0 unspecified atom stereocenters. The number of urea groups is 1. The summed E-state index contributed by atoms with van der Waals surface area (Å²) in [4.78, 5) is 35.4. The number of carbonyl (C=O) groups is 3. The van der Waals surface area contributed by atoms with Gasteiger partial charge in [-0.25, -0.2) is 9.59 Å². The number of rotatable bonds is 8. The van der Waals surface area contributed by atoms with Crippen LogP contribution >= 0.6 is 0 Å². The van der Waals surface area contributed by atoms with Crippen molar-refractivity contribution in [2.75, 3.05) is 13.2 Å². The summed E-state index contributed by atoms with van der Waals surface area (Å²) in [5, 5.41) is 4.55. The zero-order chi connectivity index (χ0) is 23.9. The summed E-state index contributed by atoms with van der Waals surface area (Å²) in [6, 6.07) is 9.56. The predicted octanol–water partition coefficient (Wildman–Crippen LogP) is 2.71. The van der Waals surface area contributed by atoms with Crippen molar-refractivity contribution in [1.82, 2.24) is 10.6 Å². The molecule has 2 aromatic rings. The SMILES string of the molecule is Cc1ccc(C)c(S(=O)(=O)Oc2ccc(C(=O)OCC(=O)NC(=O)NCC(C)C)cc2)c1. The van der Waals surface area contributed by atoms with Gasteiger partial charge in [0.1, 0.15) is 10.6 Å². The van der Waals surface area contributed by atoms with Gasteiger partial charge in [0.05, 0.1) is 5.56 Å². The molecule has 2 N–H and O–H groups in total. The highest BCUT2D eigenvalue weighted by atomic mass is 32.2. The van der Waals surface area contributed by atoms with Crippen molar-refractivity contribution >= 4 is 28.0 Å². The average molecular weight is 463 g/mol. The highest BCUT2D eigenvalue weighted by Gasteiger charge is 2.20. The van der Waals surface area contributed by atoms with Crippen LogP contribution in [0.2, 0.25) is 0 Å². The molecule has 172 valence electrons. The number of esters is 1. The molecule has 0 saturated carbocycles. The molecule has 0 aromatic heterocycles. The topological polar surface area (TPSA) is 128 Å². The largest absolute Gasteiger partial charge is 0.452 e. The van der Waals surface area contributed by atoms with Gasteiger partial charge < -0.3 is 14.2 Å². The normalized spacial score (nSPS) is 11.0. The van der Waals surface area contributed by atoms with Crippen LogP contribution in [-0.4, -0.2) is 39.5 Å². The van der Waals surface area contributed by atoms with Crippen molar-refractivity contribution in [3.05, 3.63) is 59.2 Å². The molecule has 9 nitrogen and oxygen atoms in total. The van der Waals surface area contributed by atoms with E-state index in [0.29, 0.717) is 12.1 Å². The van der Waals surface area contributed by atoms with Crippen molar-refractivity contribution in [1.29, 1.82) is 0 Å². The summed E-state index contributed by atoms with van der Waals surface area (Å²) in [5.74, 6) is -1.36. The molecule has 0 radical (unpaired) electrons. The Kier molecular flexibility index (Phi) is 8.36. The van der Waals surface area contributed by atoms with Crippen molar-refractivity contribution < 1.29 is 31.7 Å². The monoisotopic (exact) mass is 462 g/mol. The highest BCUT2D eigenvalue weighted by molar-refractivity contribution is 7.87. The van der Waals surface area contributed by atoms with E-state index in [9.17, 15) is 22.8 Å². The molecule has 0 fully saturated rings. The summed E-state index contributed by atoms with van der Waals surface area (Å²) in [6.45, 7) is 6.99. The number of amides is 3. The van der Waals surface area contributed by atoms with Gasteiger partial charge in [0.25, 0.3) is 5.91 Å². The third-order valence-electron chi connectivity index (χ3n) is 4.17. The lowest BCUT2D eigenvalue weighted by atomic mass is 10.2. The van der Waals surface area contributed by atoms with Gasteiger partial charge in [-0.2, -0.15) is 8.42 Å². The molecule has 0 aliphatic heterocycles. The van der Waals surface area contributed by atoms with E-state index < -0.39 is 34.6 Å². The van der Waals surface area contributed by atoms with E-state index in [1.165, 1.54) is 30.3 Å². The average Bonchev–Trinajstić information content (AvgIpc) is 2.72. The Labute approximate surface area is 187 Å². The Morgan fingerprint density at radius 2 is 1.66 bits per heavy atom. The number of imide groups is 1. The van der Waals surface area contributed by atoms with E-state index in [1.54, 1.807) is 26.0 Å². The maximum atomic E-state index is 12.6. The minimum atomic E-state index is -4.05. The molecule has 0 spiro atoms. The number of nitrogens with one attached hydrogen (secondary N) is 2. The highest BCUT2D eigenvalue weighted by Crippen LogP contribution is 2.22. The van der Waals surface area contributed by atoms with E-state index >= 15 is 0 Å². The van der Waals surface area contributed by atoms with Crippen molar-refractivity contribution in [2.24, 2.45) is 5.92 Å². The maximum absolute atomic E-state index is 12.6. The van der Waals surface area contributed by atoms with Crippen LogP contribution < -0.4 is 14.8 Å². The van der Waals surface area contributed by atoms with Gasteiger partial charge in [0, 0.05) is 6.54 Å². The third kappa shape index (κ3) is 7.38. The standard InChI is InChI=1S/C22H26N2O7S/c1-14(2)12-23-22(27)24-20(25)13-30-21(26)17-7-9-18(10-8-17)31-32(28,29)19-11-15(3)5-6-16(19)4/h5-11,14H,12-13H2,1-4H3,(H2,23,24,25,27). The van der Waals surface area contributed by atoms with Crippen LogP contribution in [0.5, 0.6) is 5.75 Å². The van der Waals surface area contributed by atoms with Crippen molar-refractivity contribution in [3.63, 3.8) is 0 Å². The molecule has 3 amide bonds. The van der Waals surface area contributed by atoms with E-state index in [-0.39, 0.29) is 22.1 Å². The number of hydrogen-bond donors (Lipinski definition) is 2. The molecule has 0 bridgehead atoms. The smallest absolute Gasteiger partial charge is 0.339 e. The summed E-state index contributed by atoms with van der Waals surface area (Å²) in [6.07, 6.45) is 0.